The van der Waals surface area contributed by atoms with Crippen LogP contribution in [0.5, 0.6) is 0 Å². The molecule has 0 aromatic rings. The van der Waals surface area contributed by atoms with Crippen molar-refractivity contribution < 1.29 is 4.74 Å². The molecule has 10 heavy (non-hydrogen) atoms. The number of ether oxygens (including phenoxy) is 1. The molecule has 2 fully saturated rings. The second kappa shape index (κ2) is 3.07. The largest absolute Gasteiger partial charge is 0.381 e. The summed E-state index contributed by atoms with van der Waals surface area (Å²) in [6.07, 6.45) is 1.32. The maximum Gasteiger partial charge on any atom is 0.0501 e. The molecule has 2 N–H and O–H groups in total. The van der Waals surface area contributed by atoms with Crippen LogP contribution in [0.2, 0.25) is 0 Å². The fourth-order valence-electron chi connectivity index (χ4n) is 2.02. The van der Waals surface area contributed by atoms with Gasteiger partial charge in [-0.3, -0.25) is 0 Å². The molecule has 1 aliphatic carbocycles. The molecule has 3 unspecified atom stereocenters. The molecular formula is C7H14ClNO. The molecule has 0 aromatic heterocycles. The van der Waals surface area contributed by atoms with Gasteiger partial charge in [-0.2, -0.15) is 0 Å². The number of nitrogens with two attached hydrogens (primary N) is 1. The van der Waals surface area contributed by atoms with Gasteiger partial charge in [-0.15, -0.1) is 12.4 Å². The monoisotopic (exact) mass is 163 g/mol. The van der Waals surface area contributed by atoms with Crippen molar-refractivity contribution in [3.8, 4) is 0 Å². The van der Waals surface area contributed by atoms with Crippen LogP contribution in [0.15, 0.2) is 0 Å². The van der Waals surface area contributed by atoms with Crippen LogP contribution in [0.25, 0.3) is 0 Å². The normalized spacial score (nSPS) is 43.5. The molecule has 1 saturated heterocycles. The van der Waals surface area contributed by atoms with E-state index in [0.717, 1.165) is 37.5 Å². The zero-order valence-corrected chi connectivity index (χ0v) is 6.77. The third-order valence-electron chi connectivity index (χ3n) is 2.76. The average molecular weight is 164 g/mol. The molecule has 2 nitrogen and oxygen atoms in total. The molecule has 0 spiro atoms. The summed E-state index contributed by atoms with van der Waals surface area (Å²) in [6, 6.07) is 0. The van der Waals surface area contributed by atoms with Crippen LogP contribution >= 0.6 is 12.4 Å². The lowest BCUT2D eigenvalue weighted by Gasteiger charge is -2.37. The highest BCUT2D eigenvalue weighted by Gasteiger charge is 2.43. The first-order valence-electron chi connectivity index (χ1n) is 3.69. The van der Waals surface area contributed by atoms with Crippen molar-refractivity contribution >= 4 is 12.4 Å². The van der Waals surface area contributed by atoms with E-state index in [1.165, 1.54) is 6.42 Å². The molecule has 1 heterocycles. The summed E-state index contributed by atoms with van der Waals surface area (Å²) >= 11 is 0. The lowest BCUT2D eigenvalue weighted by atomic mass is 9.67. The number of hydrogen-bond donors (Lipinski definition) is 1. The van der Waals surface area contributed by atoms with Crippen LogP contribution in [0, 0.1) is 17.8 Å². The first-order chi connectivity index (χ1) is 4.42. The Morgan fingerprint density at radius 3 is 2.80 bits per heavy atom. The van der Waals surface area contributed by atoms with Crippen LogP contribution < -0.4 is 5.73 Å². The van der Waals surface area contributed by atoms with Gasteiger partial charge in [-0.1, -0.05) is 0 Å². The van der Waals surface area contributed by atoms with E-state index >= 15 is 0 Å². The highest BCUT2D eigenvalue weighted by Crippen LogP contribution is 2.43. The quantitative estimate of drug-likeness (QED) is 0.616. The standard InChI is InChI=1S/C7H13NO.ClH/c8-2-5-1-6-3-9-4-7(5)6;/h5-7H,1-4,8H2;1H. The Balaban J connectivity index is 0.000000500. The predicted molar refractivity (Wildman–Crippen MR) is 42.2 cm³/mol. The number of rotatable bonds is 1. The minimum atomic E-state index is 0. The van der Waals surface area contributed by atoms with Crippen molar-refractivity contribution in [1.29, 1.82) is 0 Å². The zero-order valence-electron chi connectivity index (χ0n) is 5.95. The maximum atomic E-state index is 5.53. The molecule has 60 valence electrons. The Morgan fingerprint density at radius 1 is 1.40 bits per heavy atom. The molecule has 0 bridgehead atoms. The minimum absolute atomic E-state index is 0. The Kier molecular flexibility index (Phi) is 2.55. The first-order valence-corrected chi connectivity index (χ1v) is 3.69. The molecular weight excluding hydrogens is 150 g/mol. The van der Waals surface area contributed by atoms with Gasteiger partial charge < -0.3 is 10.5 Å². The van der Waals surface area contributed by atoms with Crippen LogP contribution in [-0.4, -0.2) is 19.8 Å². The van der Waals surface area contributed by atoms with Crippen molar-refractivity contribution in [1.82, 2.24) is 0 Å². The topological polar surface area (TPSA) is 35.2 Å². The van der Waals surface area contributed by atoms with E-state index in [4.69, 9.17) is 10.5 Å². The molecule has 1 saturated carbocycles. The fourth-order valence-corrected chi connectivity index (χ4v) is 2.02. The smallest absolute Gasteiger partial charge is 0.0501 e. The van der Waals surface area contributed by atoms with Gasteiger partial charge in [-0.05, 0) is 30.7 Å². The van der Waals surface area contributed by atoms with Gasteiger partial charge >= 0.3 is 0 Å². The van der Waals surface area contributed by atoms with E-state index in [-0.39, 0.29) is 12.4 Å². The van der Waals surface area contributed by atoms with Gasteiger partial charge in [0.25, 0.3) is 0 Å². The lowest BCUT2D eigenvalue weighted by Crippen LogP contribution is -2.39. The molecule has 2 rings (SSSR count). The van der Waals surface area contributed by atoms with Crippen LogP contribution in [0.4, 0.5) is 0 Å². The first kappa shape index (κ1) is 8.31. The molecule has 0 radical (unpaired) electrons. The summed E-state index contributed by atoms with van der Waals surface area (Å²) in [5.74, 6) is 2.49. The van der Waals surface area contributed by atoms with Gasteiger partial charge in [0, 0.05) is 6.61 Å². The average Bonchev–Trinajstić information content (AvgIpc) is 2.14. The molecule has 0 amide bonds. The fraction of sp³-hybridized carbons (Fsp3) is 1.00. The van der Waals surface area contributed by atoms with Crippen LogP contribution in [0.3, 0.4) is 0 Å². The van der Waals surface area contributed by atoms with Crippen LogP contribution in [-0.2, 0) is 4.74 Å². The Labute approximate surface area is 67.5 Å². The summed E-state index contributed by atoms with van der Waals surface area (Å²) in [7, 11) is 0. The van der Waals surface area contributed by atoms with E-state index in [1.807, 2.05) is 0 Å². The Morgan fingerprint density at radius 2 is 2.20 bits per heavy atom. The van der Waals surface area contributed by atoms with Crippen molar-refractivity contribution in [3.05, 3.63) is 0 Å². The van der Waals surface area contributed by atoms with Crippen molar-refractivity contribution in [3.63, 3.8) is 0 Å². The SMILES string of the molecule is Cl.NCC1CC2COCC12. The predicted octanol–water partition coefficient (Wildman–Crippen LogP) is 0.649. The summed E-state index contributed by atoms with van der Waals surface area (Å²) in [6.45, 7) is 2.85. The van der Waals surface area contributed by atoms with Gasteiger partial charge in [-0.25, -0.2) is 0 Å². The Bertz CT molecular complexity index is 120. The van der Waals surface area contributed by atoms with Crippen molar-refractivity contribution in [2.45, 2.75) is 6.42 Å². The Hall–Kier alpha value is 0.210. The number of halogens is 1. The molecule has 0 aromatic carbocycles. The van der Waals surface area contributed by atoms with Gasteiger partial charge in [0.1, 0.15) is 0 Å². The summed E-state index contributed by atoms with van der Waals surface area (Å²) in [4.78, 5) is 0. The molecule has 1 aliphatic heterocycles. The van der Waals surface area contributed by atoms with Crippen molar-refractivity contribution in [2.75, 3.05) is 19.8 Å². The highest BCUT2D eigenvalue weighted by atomic mass is 35.5. The van der Waals surface area contributed by atoms with E-state index < -0.39 is 0 Å². The second-order valence-electron chi connectivity index (χ2n) is 3.19. The molecule has 2 aliphatic rings. The number of fused-ring (bicyclic) bond motifs is 1. The molecule has 3 atom stereocenters. The van der Waals surface area contributed by atoms with Gasteiger partial charge in [0.15, 0.2) is 0 Å². The third kappa shape index (κ3) is 1.04. The summed E-state index contributed by atoms with van der Waals surface area (Å²) in [5.41, 5.74) is 5.53. The maximum absolute atomic E-state index is 5.53. The highest BCUT2D eigenvalue weighted by molar-refractivity contribution is 5.85. The summed E-state index contributed by atoms with van der Waals surface area (Å²) < 4.78 is 5.31. The van der Waals surface area contributed by atoms with Gasteiger partial charge in [0.05, 0.1) is 6.61 Å². The molecule has 3 heteroatoms. The third-order valence-corrected chi connectivity index (χ3v) is 2.76. The van der Waals surface area contributed by atoms with E-state index in [9.17, 15) is 0 Å². The van der Waals surface area contributed by atoms with E-state index in [1.54, 1.807) is 0 Å². The summed E-state index contributed by atoms with van der Waals surface area (Å²) in [5, 5.41) is 0. The second-order valence-corrected chi connectivity index (χ2v) is 3.19. The van der Waals surface area contributed by atoms with Crippen molar-refractivity contribution in [2.24, 2.45) is 23.5 Å². The van der Waals surface area contributed by atoms with E-state index in [0.29, 0.717) is 0 Å². The zero-order chi connectivity index (χ0) is 6.27. The van der Waals surface area contributed by atoms with Crippen LogP contribution in [0.1, 0.15) is 6.42 Å². The lowest BCUT2D eigenvalue weighted by molar-refractivity contribution is 0.128. The number of hydrogen-bond acceptors (Lipinski definition) is 2. The van der Waals surface area contributed by atoms with E-state index in [2.05, 4.69) is 0 Å². The minimum Gasteiger partial charge on any atom is -0.381 e. The van der Waals surface area contributed by atoms with Gasteiger partial charge in [0.2, 0.25) is 0 Å².